The Bertz CT molecular complexity index is 292. The molecule has 0 heterocycles. The summed E-state index contributed by atoms with van der Waals surface area (Å²) in [6, 6.07) is 0. The molecule has 1 aliphatic rings. The average Bonchev–Trinajstić information content (AvgIpc) is 2.34. The van der Waals surface area contributed by atoms with Gasteiger partial charge in [-0.3, -0.25) is 0 Å². The first-order valence-corrected chi connectivity index (χ1v) is 6.55. The first-order valence-electron chi connectivity index (χ1n) is 6.55. The van der Waals surface area contributed by atoms with E-state index in [-0.39, 0.29) is 19.4 Å². The van der Waals surface area contributed by atoms with Crippen molar-refractivity contribution in [1.82, 2.24) is 0 Å². The zero-order chi connectivity index (χ0) is 15.6. The fourth-order valence-electron chi connectivity index (χ4n) is 2.55. The van der Waals surface area contributed by atoms with E-state index in [0.717, 1.165) is 6.42 Å². The van der Waals surface area contributed by atoms with Crippen LogP contribution in [0.15, 0.2) is 0 Å². The van der Waals surface area contributed by atoms with Crippen LogP contribution in [0, 0.1) is 5.92 Å². The van der Waals surface area contributed by atoms with Gasteiger partial charge in [0.05, 0.1) is 5.60 Å². The van der Waals surface area contributed by atoms with Crippen LogP contribution in [0.25, 0.3) is 0 Å². The van der Waals surface area contributed by atoms with Crippen LogP contribution in [0.1, 0.15) is 39.0 Å². The van der Waals surface area contributed by atoms with Crippen LogP contribution in [0.4, 0.5) is 26.3 Å². The van der Waals surface area contributed by atoms with Gasteiger partial charge in [-0.1, -0.05) is 13.3 Å². The zero-order valence-corrected chi connectivity index (χ0v) is 11.2. The molecule has 0 aromatic carbocycles. The number of halogens is 6. The van der Waals surface area contributed by atoms with E-state index >= 15 is 0 Å². The maximum absolute atomic E-state index is 12.5. The lowest BCUT2D eigenvalue weighted by Gasteiger charge is -2.42. The first kappa shape index (κ1) is 17.6. The van der Waals surface area contributed by atoms with Gasteiger partial charge in [-0.15, -0.1) is 0 Å². The van der Waals surface area contributed by atoms with Crippen molar-refractivity contribution in [2.45, 2.75) is 63.1 Å². The van der Waals surface area contributed by atoms with Gasteiger partial charge in [-0.05, 0) is 31.6 Å². The largest absolute Gasteiger partial charge is 0.423 e. The predicted octanol–water partition coefficient (Wildman–Crippen LogP) is 3.79. The van der Waals surface area contributed by atoms with Crippen molar-refractivity contribution in [3.8, 4) is 0 Å². The summed E-state index contributed by atoms with van der Waals surface area (Å²) < 4.78 is 79.7. The molecule has 20 heavy (non-hydrogen) atoms. The van der Waals surface area contributed by atoms with E-state index in [4.69, 9.17) is 5.73 Å². The average molecular weight is 307 g/mol. The Hall–Kier alpha value is -0.500. The molecule has 0 spiro atoms. The molecule has 0 bridgehead atoms. The van der Waals surface area contributed by atoms with E-state index in [9.17, 15) is 26.3 Å². The van der Waals surface area contributed by atoms with Crippen molar-refractivity contribution in [3.05, 3.63) is 0 Å². The van der Waals surface area contributed by atoms with Crippen molar-refractivity contribution in [2.24, 2.45) is 11.7 Å². The van der Waals surface area contributed by atoms with Gasteiger partial charge in [0.1, 0.15) is 0 Å². The monoisotopic (exact) mass is 307 g/mol. The molecule has 0 aromatic rings. The lowest BCUT2D eigenvalue weighted by Crippen LogP contribution is -2.54. The highest BCUT2D eigenvalue weighted by atomic mass is 19.4. The molecule has 120 valence electrons. The van der Waals surface area contributed by atoms with Crippen molar-refractivity contribution < 1.29 is 31.1 Å². The van der Waals surface area contributed by atoms with Gasteiger partial charge in [-0.25, -0.2) is 0 Å². The Balaban J connectivity index is 2.85. The van der Waals surface area contributed by atoms with Crippen LogP contribution < -0.4 is 5.73 Å². The van der Waals surface area contributed by atoms with Crippen LogP contribution >= 0.6 is 0 Å². The summed E-state index contributed by atoms with van der Waals surface area (Å²) in [5.74, 6) is 0.313. The summed E-state index contributed by atoms with van der Waals surface area (Å²) in [6.45, 7) is 1.60. The molecule has 8 heteroatoms. The Morgan fingerprint density at radius 3 is 1.85 bits per heavy atom. The van der Waals surface area contributed by atoms with Crippen LogP contribution in [0.2, 0.25) is 0 Å². The maximum Gasteiger partial charge on any atom is 0.423 e. The SMILES string of the molecule is CCC1CCC(CN)(OC(C(F)(F)F)C(F)(F)F)CC1. The summed E-state index contributed by atoms with van der Waals surface area (Å²) in [4.78, 5) is 0. The van der Waals surface area contributed by atoms with Gasteiger partial charge >= 0.3 is 12.4 Å². The normalized spacial score (nSPS) is 28.9. The number of rotatable bonds is 4. The van der Waals surface area contributed by atoms with Gasteiger partial charge in [-0.2, -0.15) is 26.3 Å². The second-order valence-corrected chi connectivity index (χ2v) is 5.32. The molecule has 0 aliphatic heterocycles. The fraction of sp³-hybridized carbons (Fsp3) is 1.00. The van der Waals surface area contributed by atoms with Gasteiger partial charge in [0.2, 0.25) is 6.10 Å². The second kappa shape index (κ2) is 6.09. The molecule has 0 radical (unpaired) electrons. The summed E-state index contributed by atoms with van der Waals surface area (Å²) in [6.07, 6.45) is -12.6. The highest BCUT2D eigenvalue weighted by Crippen LogP contribution is 2.43. The lowest BCUT2D eigenvalue weighted by molar-refractivity contribution is -0.346. The zero-order valence-electron chi connectivity index (χ0n) is 11.2. The third kappa shape index (κ3) is 4.25. The van der Waals surface area contributed by atoms with E-state index in [1.165, 1.54) is 0 Å². The second-order valence-electron chi connectivity index (χ2n) is 5.32. The Kier molecular flexibility index (Phi) is 5.34. The van der Waals surface area contributed by atoms with E-state index < -0.39 is 24.1 Å². The van der Waals surface area contributed by atoms with Crippen LogP contribution in [-0.4, -0.2) is 30.6 Å². The number of nitrogens with two attached hydrogens (primary N) is 1. The van der Waals surface area contributed by atoms with Gasteiger partial charge < -0.3 is 10.5 Å². The van der Waals surface area contributed by atoms with Crippen LogP contribution in [0.5, 0.6) is 0 Å². The minimum Gasteiger partial charge on any atom is -0.353 e. The Morgan fingerprint density at radius 1 is 1.10 bits per heavy atom. The molecular weight excluding hydrogens is 288 g/mol. The van der Waals surface area contributed by atoms with Crippen molar-refractivity contribution in [1.29, 1.82) is 0 Å². The smallest absolute Gasteiger partial charge is 0.353 e. The maximum atomic E-state index is 12.5. The number of hydrogen-bond donors (Lipinski definition) is 1. The highest BCUT2D eigenvalue weighted by molar-refractivity contribution is 4.91. The summed E-state index contributed by atoms with van der Waals surface area (Å²) >= 11 is 0. The van der Waals surface area contributed by atoms with E-state index in [1.54, 1.807) is 0 Å². The number of ether oxygens (including phenoxy) is 1. The van der Waals surface area contributed by atoms with Crippen molar-refractivity contribution >= 4 is 0 Å². The number of hydrogen-bond acceptors (Lipinski definition) is 2. The summed E-state index contributed by atoms with van der Waals surface area (Å²) in [7, 11) is 0. The quantitative estimate of drug-likeness (QED) is 0.802. The summed E-state index contributed by atoms with van der Waals surface area (Å²) in [5, 5.41) is 0. The van der Waals surface area contributed by atoms with Gasteiger partial charge in [0.15, 0.2) is 0 Å². The third-order valence-electron chi connectivity index (χ3n) is 3.93. The predicted molar refractivity (Wildman–Crippen MR) is 61.0 cm³/mol. The molecule has 2 nitrogen and oxygen atoms in total. The molecule has 0 atom stereocenters. The van der Waals surface area contributed by atoms with E-state index in [0.29, 0.717) is 18.8 Å². The minimum atomic E-state index is -5.48. The van der Waals surface area contributed by atoms with Crippen molar-refractivity contribution in [3.63, 3.8) is 0 Å². The van der Waals surface area contributed by atoms with Crippen LogP contribution in [0.3, 0.4) is 0 Å². The fourth-order valence-corrected chi connectivity index (χ4v) is 2.55. The topological polar surface area (TPSA) is 35.2 Å². The molecule has 0 aromatic heterocycles. The van der Waals surface area contributed by atoms with Gasteiger partial charge in [0, 0.05) is 6.54 Å². The molecule has 2 N–H and O–H groups in total. The molecule has 0 saturated heterocycles. The highest BCUT2D eigenvalue weighted by Gasteiger charge is 2.60. The lowest BCUT2D eigenvalue weighted by atomic mass is 9.77. The number of alkyl halides is 6. The third-order valence-corrected chi connectivity index (χ3v) is 3.93. The molecule has 0 unspecified atom stereocenters. The summed E-state index contributed by atoms with van der Waals surface area (Å²) in [5.41, 5.74) is 3.87. The Morgan fingerprint density at radius 2 is 1.55 bits per heavy atom. The standard InChI is InChI=1S/C12H19F6NO/c1-2-8-3-5-10(7-19,6-4-8)20-9(11(13,14)15)12(16,17)18/h8-9H,2-7,19H2,1H3. The molecular formula is C12H19F6NO. The van der Waals surface area contributed by atoms with Crippen molar-refractivity contribution in [2.75, 3.05) is 6.54 Å². The Labute approximate surface area is 113 Å². The molecule has 1 fully saturated rings. The molecule has 1 aliphatic carbocycles. The van der Waals surface area contributed by atoms with Gasteiger partial charge in [0.25, 0.3) is 0 Å². The minimum absolute atomic E-state index is 0.130. The molecule has 1 saturated carbocycles. The van der Waals surface area contributed by atoms with Crippen LogP contribution in [-0.2, 0) is 4.74 Å². The molecule has 1 rings (SSSR count). The van der Waals surface area contributed by atoms with E-state index in [2.05, 4.69) is 4.74 Å². The first-order chi connectivity index (χ1) is 9.04. The van der Waals surface area contributed by atoms with E-state index in [1.807, 2.05) is 6.92 Å². The molecule has 0 amide bonds.